The summed E-state index contributed by atoms with van der Waals surface area (Å²) in [5.74, 6) is 0.525. The smallest absolute Gasteiger partial charge is 0.252 e. The van der Waals surface area contributed by atoms with Crippen molar-refractivity contribution in [1.82, 2.24) is 16.0 Å². The maximum atomic E-state index is 12.1. The van der Waals surface area contributed by atoms with E-state index in [2.05, 4.69) is 40.0 Å². The van der Waals surface area contributed by atoms with Gasteiger partial charge in [-0.3, -0.25) is 9.79 Å². The second-order valence-electron chi connectivity index (χ2n) is 5.77. The van der Waals surface area contributed by atoms with Crippen molar-refractivity contribution < 1.29 is 4.79 Å². The molecule has 0 heterocycles. The topological polar surface area (TPSA) is 65.5 Å². The summed E-state index contributed by atoms with van der Waals surface area (Å²) in [6.07, 6.45) is 0. The number of amides is 1. The molecule has 0 aliphatic heterocycles. The van der Waals surface area contributed by atoms with E-state index in [1.54, 1.807) is 24.3 Å². The van der Waals surface area contributed by atoms with Gasteiger partial charge in [-0.05, 0) is 31.5 Å². The highest BCUT2D eigenvalue weighted by molar-refractivity contribution is 14.0. The second-order valence-corrected chi connectivity index (χ2v) is 6.18. The summed E-state index contributed by atoms with van der Waals surface area (Å²) in [6, 6.07) is 17.3. The molecule has 27 heavy (non-hydrogen) atoms. The number of benzene rings is 2. The number of guanidine groups is 1. The maximum absolute atomic E-state index is 12.1. The Morgan fingerprint density at radius 1 is 1.07 bits per heavy atom. The van der Waals surface area contributed by atoms with Crippen molar-refractivity contribution >= 4 is 47.4 Å². The highest BCUT2D eigenvalue weighted by Crippen LogP contribution is 2.14. The number of nitrogens with one attached hydrogen (secondary N) is 3. The largest absolute Gasteiger partial charge is 0.357 e. The van der Waals surface area contributed by atoms with E-state index < -0.39 is 0 Å². The van der Waals surface area contributed by atoms with Crippen LogP contribution in [0, 0.1) is 0 Å². The molecule has 5 nitrogen and oxygen atoms in total. The average molecular weight is 501 g/mol. The van der Waals surface area contributed by atoms with Gasteiger partial charge in [0.2, 0.25) is 0 Å². The van der Waals surface area contributed by atoms with Crippen molar-refractivity contribution in [2.24, 2.45) is 4.99 Å². The Kier molecular flexibility index (Phi) is 10.8. The summed E-state index contributed by atoms with van der Waals surface area (Å²) in [6.45, 7) is 5.76. The first kappa shape index (κ1) is 23.2. The number of hydrogen-bond donors (Lipinski definition) is 3. The number of hydrogen-bond acceptors (Lipinski definition) is 2. The van der Waals surface area contributed by atoms with Gasteiger partial charge >= 0.3 is 0 Å². The zero-order valence-corrected chi connectivity index (χ0v) is 18.6. The molecule has 1 atom stereocenters. The third-order valence-corrected chi connectivity index (χ3v) is 4.11. The molecule has 3 N–H and O–H groups in total. The van der Waals surface area contributed by atoms with Gasteiger partial charge in [0.1, 0.15) is 0 Å². The lowest BCUT2D eigenvalue weighted by Gasteiger charge is -2.18. The van der Waals surface area contributed by atoms with Crippen LogP contribution in [0.3, 0.4) is 0 Å². The molecular weight excluding hydrogens is 475 g/mol. The molecule has 0 bridgehead atoms. The molecule has 0 aromatic heterocycles. The van der Waals surface area contributed by atoms with E-state index in [1.165, 1.54) is 5.56 Å². The van der Waals surface area contributed by atoms with Gasteiger partial charge in [-0.2, -0.15) is 0 Å². The molecule has 0 fully saturated rings. The van der Waals surface area contributed by atoms with E-state index in [4.69, 9.17) is 11.6 Å². The molecule has 0 saturated carbocycles. The molecule has 0 spiro atoms. The van der Waals surface area contributed by atoms with E-state index in [0.717, 1.165) is 12.5 Å². The highest BCUT2D eigenvalue weighted by atomic mass is 127. The van der Waals surface area contributed by atoms with Crippen LogP contribution < -0.4 is 16.0 Å². The first-order chi connectivity index (χ1) is 12.6. The Bertz CT molecular complexity index is 740. The first-order valence-corrected chi connectivity index (χ1v) is 9.12. The van der Waals surface area contributed by atoms with E-state index in [9.17, 15) is 4.79 Å². The first-order valence-electron chi connectivity index (χ1n) is 8.74. The summed E-state index contributed by atoms with van der Waals surface area (Å²) < 4.78 is 0. The van der Waals surface area contributed by atoms with Crippen molar-refractivity contribution in [2.75, 3.05) is 19.6 Å². The molecule has 0 radical (unpaired) electrons. The highest BCUT2D eigenvalue weighted by Gasteiger charge is 2.09. The molecule has 2 aromatic rings. The SMILES string of the molecule is CCNC(=NCCNC(=O)c1ccccc1Cl)NC(C)c1ccccc1.I. The van der Waals surface area contributed by atoms with Crippen molar-refractivity contribution in [3.8, 4) is 0 Å². The Morgan fingerprint density at radius 2 is 1.74 bits per heavy atom. The minimum Gasteiger partial charge on any atom is -0.357 e. The van der Waals surface area contributed by atoms with E-state index in [1.807, 2.05) is 25.1 Å². The minimum absolute atomic E-state index is 0. The molecule has 1 amide bonds. The van der Waals surface area contributed by atoms with Gasteiger partial charge in [0.25, 0.3) is 5.91 Å². The van der Waals surface area contributed by atoms with Gasteiger partial charge in [-0.25, -0.2) is 0 Å². The lowest BCUT2D eigenvalue weighted by molar-refractivity contribution is 0.0955. The lowest BCUT2D eigenvalue weighted by atomic mass is 10.1. The van der Waals surface area contributed by atoms with Crippen LogP contribution in [0.5, 0.6) is 0 Å². The summed E-state index contributed by atoms with van der Waals surface area (Å²) in [7, 11) is 0. The monoisotopic (exact) mass is 500 g/mol. The molecular formula is C20H26ClIN4O. The van der Waals surface area contributed by atoms with Crippen molar-refractivity contribution in [1.29, 1.82) is 0 Å². The van der Waals surface area contributed by atoms with E-state index >= 15 is 0 Å². The third kappa shape index (κ3) is 7.76. The van der Waals surface area contributed by atoms with Crippen LogP contribution in [0.1, 0.15) is 35.8 Å². The van der Waals surface area contributed by atoms with Gasteiger partial charge in [-0.15, -0.1) is 24.0 Å². The maximum Gasteiger partial charge on any atom is 0.252 e. The summed E-state index contributed by atoms with van der Waals surface area (Å²) in [5.41, 5.74) is 1.66. The molecule has 146 valence electrons. The van der Waals surface area contributed by atoms with Crippen LogP contribution in [0.4, 0.5) is 0 Å². The molecule has 7 heteroatoms. The molecule has 1 unspecified atom stereocenters. The van der Waals surface area contributed by atoms with Crippen LogP contribution in [-0.2, 0) is 0 Å². The summed E-state index contributed by atoms with van der Waals surface area (Å²) in [5, 5.41) is 9.87. The van der Waals surface area contributed by atoms with Crippen molar-refractivity contribution in [3.63, 3.8) is 0 Å². The zero-order valence-electron chi connectivity index (χ0n) is 15.5. The fourth-order valence-corrected chi connectivity index (χ4v) is 2.65. The minimum atomic E-state index is -0.193. The van der Waals surface area contributed by atoms with Gasteiger partial charge in [0.15, 0.2) is 5.96 Å². The fourth-order valence-electron chi connectivity index (χ4n) is 2.43. The van der Waals surface area contributed by atoms with Crippen LogP contribution >= 0.6 is 35.6 Å². The summed E-state index contributed by atoms with van der Waals surface area (Å²) >= 11 is 6.03. The fraction of sp³-hybridized carbons (Fsp3) is 0.300. The van der Waals surface area contributed by atoms with Gasteiger partial charge < -0.3 is 16.0 Å². The lowest BCUT2D eigenvalue weighted by Crippen LogP contribution is -2.39. The second kappa shape index (κ2) is 12.6. The van der Waals surface area contributed by atoms with Gasteiger partial charge in [-0.1, -0.05) is 54.1 Å². The summed E-state index contributed by atoms with van der Waals surface area (Å²) in [4.78, 5) is 16.6. The quantitative estimate of drug-likeness (QED) is 0.233. The van der Waals surface area contributed by atoms with E-state index in [-0.39, 0.29) is 35.9 Å². The number of nitrogens with zero attached hydrogens (tertiary/aromatic N) is 1. The number of halogens is 2. The Hall–Kier alpha value is -1.80. The Labute approximate surface area is 183 Å². The van der Waals surface area contributed by atoms with Crippen LogP contribution in [0.15, 0.2) is 59.6 Å². The normalized spacial score (nSPS) is 11.9. The number of aliphatic imine (C=N–C) groups is 1. The molecule has 0 saturated heterocycles. The number of carbonyl (C=O) groups excluding carboxylic acids is 1. The molecule has 2 aromatic carbocycles. The standard InChI is InChI=1S/C20H25ClN4O.HI/c1-3-22-20(25-15(2)16-9-5-4-6-10-16)24-14-13-23-19(26)17-11-7-8-12-18(17)21;/h4-12,15H,3,13-14H2,1-2H3,(H,23,26)(H2,22,24,25);1H. The number of carbonyl (C=O) groups is 1. The molecule has 0 aliphatic carbocycles. The predicted molar refractivity (Wildman–Crippen MR) is 123 cm³/mol. The third-order valence-electron chi connectivity index (χ3n) is 3.78. The molecule has 2 rings (SSSR count). The van der Waals surface area contributed by atoms with Crippen molar-refractivity contribution in [2.45, 2.75) is 19.9 Å². The zero-order chi connectivity index (χ0) is 18.8. The Balaban J connectivity index is 0.00000364. The van der Waals surface area contributed by atoms with E-state index in [0.29, 0.717) is 23.7 Å². The Morgan fingerprint density at radius 3 is 2.41 bits per heavy atom. The van der Waals surface area contributed by atoms with Gasteiger partial charge in [0, 0.05) is 13.1 Å². The van der Waals surface area contributed by atoms with Crippen LogP contribution in [0.2, 0.25) is 5.02 Å². The number of rotatable bonds is 7. The van der Waals surface area contributed by atoms with Gasteiger partial charge in [0.05, 0.1) is 23.2 Å². The average Bonchev–Trinajstić information content (AvgIpc) is 2.66. The van der Waals surface area contributed by atoms with Crippen LogP contribution in [-0.4, -0.2) is 31.5 Å². The van der Waals surface area contributed by atoms with Crippen LogP contribution in [0.25, 0.3) is 0 Å². The molecule has 0 aliphatic rings. The predicted octanol–water partition coefficient (Wildman–Crippen LogP) is 4.00. The van der Waals surface area contributed by atoms with Crippen molar-refractivity contribution in [3.05, 3.63) is 70.7 Å².